The molecule has 3 rings (SSSR count). The molecule has 1 amide bonds. The summed E-state index contributed by atoms with van der Waals surface area (Å²) in [6.07, 6.45) is 2.45. The van der Waals surface area contributed by atoms with Gasteiger partial charge in [-0.3, -0.25) is 4.90 Å². The largest absolute Gasteiger partial charge is 0.449 e. The topological polar surface area (TPSA) is 49.8 Å². The summed E-state index contributed by atoms with van der Waals surface area (Å²) in [6.45, 7) is 4.12. The molecule has 0 aliphatic carbocycles. The number of ether oxygens (including phenoxy) is 1. The van der Waals surface area contributed by atoms with E-state index in [1.165, 1.54) is 4.90 Å². The molecule has 0 aromatic heterocycles. The normalized spacial score (nSPS) is 17.3. The number of benzene rings is 2. The Kier molecular flexibility index (Phi) is 4.67. The summed E-state index contributed by atoms with van der Waals surface area (Å²) in [5.41, 5.74) is 3.66. The van der Waals surface area contributed by atoms with Crippen molar-refractivity contribution < 1.29 is 14.6 Å². The molecule has 24 heavy (non-hydrogen) atoms. The van der Waals surface area contributed by atoms with Crippen molar-refractivity contribution in [1.82, 2.24) is 0 Å². The summed E-state index contributed by atoms with van der Waals surface area (Å²) in [6, 6.07) is 15.4. The van der Waals surface area contributed by atoms with E-state index in [2.05, 4.69) is 0 Å². The number of amides is 1. The molecule has 0 saturated carbocycles. The molecule has 0 radical (unpaired) electrons. The first-order valence-corrected chi connectivity index (χ1v) is 8.09. The van der Waals surface area contributed by atoms with Crippen molar-refractivity contribution in [3.05, 3.63) is 77.5 Å². The van der Waals surface area contributed by atoms with E-state index in [9.17, 15) is 9.90 Å². The van der Waals surface area contributed by atoms with Crippen LogP contribution in [0.3, 0.4) is 0 Å². The smallest absolute Gasteiger partial charge is 0.418 e. The predicted octanol–water partition coefficient (Wildman–Crippen LogP) is 4.30. The number of anilines is 1. The zero-order chi connectivity index (χ0) is 17.1. The SMILES string of the molecule is CCOC(=O)N1C=CC(C(O)c2ccc(C)cc2)c2ccccc21. The third-order valence-corrected chi connectivity index (χ3v) is 4.22. The van der Waals surface area contributed by atoms with Gasteiger partial charge in [-0.25, -0.2) is 4.79 Å². The first-order valence-electron chi connectivity index (χ1n) is 8.09. The van der Waals surface area contributed by atoms with Crippen LogP contribution < -0.4 is 4.90 Å². The van der Waals surface area contributed by atoms with Crippen molar-refractivity contribution in [2.75, 3.05) is 11.5 Å². The fourth-order valence-electron chi connectivity index (χ4n) is 2.95. The molecule has 0 bridgehead atoms. The van der Waals surface area contributed by atoms with Gasteiger partial charge >= 0.3 is 6.09 Å². The average molecular weight is 323 g/mol. The van der Waals surface area contributed by atoms with Gasteiger partial charge in [0.15, 0.2) is 0 Å². The van der Waals surface area contributed by atoms with Crippen molar-refractivity contribution >= 4 is 11.8 Å². The lowest BCUT2D eigenvalue weighted by Crippen LogP contribution is -2.30. The molecule has 4 heteroatoms. The molecule has 0 spiro atoms. The number of hydrogen-bond donors (Lipinski definition) is 1. The highest BCUT2D eigenvalue weighted by Crippen LogP contribution is 2.40. The zero-order valence-electron chi connectivity index (χ0n) is 13.8. The number of para-hydroxylation sites is 1. The van der Waals surface area contributed by atoms with Gasteiger partial charge in [0.25, 0.3) is 0 Å². The zero-order valence-corrected chi connectivity index (χ0v) is 13.8. The number of nitrogens with zero attached hydrogens (tertiary/aromatic N) is 1. The van der Waals surface area contributed by atoms with E-state index in [1.54, 1.807) is 13.1 Å². The van der Waals surface area contributed by atoms with Crippen molar-refractivity contribution in [2.45, 2.75) is 25.9 Å². The minimum absolute atomic E-state index is 0.213. The van der Waals surface area contributed by atoms with Crippen molar-refractivity contribution in [2.24, 2.45) is 0 Å². The monoisotopic (exact) mass is 323 g/mol. The lowest BCUT2D eigenvalue weighted by atomic mass is 9.86. The van der Waals surface area contributed by atoms with Gasteiger partial charge in [-0.15, -0.1) is 0 Å². The number of aliphatic hydroxyl groups excluding tert-OH is 1. The van der Waals surface area contributed by atoms with E-state index in [-0.39, 0.29) is 5.92 Å². The summed E-state index contributed by atoms with van der Waals surface area (Å²) in [4.78, 5) is 13.6. The molecule has 124 valence electrons. The third kappa shape index (κ3) is 3.05. The van der Waals surface area contributed by atoms with Crippen LogP contribution in [0.5, 0.6) is 0 Å². The van der Waals surface area contributed by atoms with Crippen LogP contribution in [0.1, 0.15) is 35.6 Å². The molecule has 2 atom stereocenters. The number of carbonyl (C=O) groups excluding carboxylic acids is 1. The number of hydrogen-bond acceptors (Lipinski definition) is 3. The lowest BCUT2D eigenvalue weighted by molar-refractivity contribution is 0.156. The van der Waals surface area contributed by atoms with Gasteiger partial charge in [0.2, 0.25) is 0 Å². The molecule has 2 unspecified atom stereocenters. The van der Waals surface area contributed by atoms with Crippen LogP contribution in [0.4, 0.5) is 10.5 Å². The van der Waals surface area contributed by atoms with Crippen LogP contribution >= 0.6 is 0 Å². The van der Waals surface area contributed by atoms with Crippen LogP contribution in [0.15, 0.2) is 60.8 Å². The summed E-state index contributed by atoms with van der Waals surface area (Å²) in [5.74, 6) is -0.213. The van der Waals surface area contributed by atoms with E-state index in [1.807, 2.05) is 61.5 Å². The van der Waals surface area contributed by atoms with Crippen molar-refractivity contribution in [1.29, 1.82) is 0 Å². The average Bonchev–Trinajstić information content (AvgIpc) is 2.61. The summed E-state index contributed by atoms with van der Waals surface area (Å²) in [7, 11) is 0. The number of carbonyl (C=O) groups is 1. The molecule has 2 aromatic rings. The molecular formula is C20H21NO3. The Hall–Kier alpha value is -2.59. The standard InChI is InChI=1S/C20H21NO3/c1-3-24-20(23)21-13-12-17(16-6-4-5-7-18(16)21)19(22)15-10-8-14(2)9-11-15/h4-13,17,19,22H,3H2,1-2H3. The molecule has 1 aliphatic heterocycles. The maximum absolute atomic E-state index is 12.1. The number of aryl methyl sites for hydroxylation is 1. The van der Waals surface area contributed by atoms with Crippen LogP contribution in [-0.4, -0.2) is 17.8 Å². The summed E-state index contributed by atoms with van der Waals surface area (Å²) >= 11 is 0. The van der Waals surface area contributed by atoms with Gasteiger partial charge in [0.05, 0.1) is 18.4 Å². The number of fused-ring (bicyclic) bond motifs is 1. The number of aliphatic hydroxyl groups is 1. The predicted molar refractivity (Wildman–Crippen MR) is 94.0 cm³/mol. The van der Waals surface area contributed by atoms with Crippen molar-refractivity contribution in [3.63, 3.8) is 0 Å². The molecular weight excluding hydrogens is 302 g/mol. The Morgan fingerprint density at radius 2 is 1.92 bits per heavy atom. The molecule has 1 aliphatic rings. The van der Waals surface area contributed by atoms with Gasteiger partial charge < -0.3 is 9.84 Å². The molecule has 0 saturated heterocycles. The van der Waals surface area contributed by atoms with Gasteiger partial charge in [-0.2, -0.15) is 0 Å². The van der Waals surface area contributed by atoms with E-state index >= 15 is 0 Å². The molecule has 4 nitrogen and oxygen atoms in total. The van der Waals surface area contributed by atoms with Crippen LogP contribution in [0.25, 0.3) is 0 Å². The summed E-state index contributed by atoms with van der Waals surface area (Å²) in [5, 5.41) is 10.8. The Labute approximate surface area is 142 Å². The molecule has 1 N–H and O–H groups in total. The maximum Gasteiger partial charge on any atom is 0.418 e. The van der Waals surface area contributed by atoms with E-state index in [0.717, 1.165) is 22.4 Å². The van der Waals surface area contributed by atoms with Crippen LogP contribution in [-0.2, 0) is 4.74 Å². The van der Waals surface area contributed by atoms with Crippen molar-refractivity contribution in [3.8, 4) is 0 Å². The van der Waals surface area contributed by atoms with Gasteiger partial charge in [0.1, 0.15) is 0 Å². The Morgan fingerprint density at radius 3 is 2.62 bits per heavy atom. The fourth-order valence-corrected chi connectivity index (χ4v) is 2.95. The summed E-state index contributed by atoms with van der Waals surface area (Å²) < 4.78 is 5.10. The highest BCUT2D eigenvalue weighted by molar-refractivity contribution is 5.91. The fraction of sp³-hybridized carbons (Fsp3) is 0.250. The highest BCUT2D eigenvalue weighted by atomic mass is 16.6. The second kappa shape index (κ2) is 6.89. The van der Waals surface area contributed by atoms with Crippen LogP contribution in [0.2, 0.25) is 0 Å². The van der Waals surface area contributed by atoms with E-state index in [4.69, 9.17) is 4.74 Å². The highest BCUT2D eigenvalue weighted by Gasteiger charge is 2.30. The molecule has 1 heterocycles. The minimum atomic E-state index is -0.674. The first-order chi connectivity index (χ1) is 11.6. The number of rotatable bonds is 3. The van der Waals surface area contributed by atoms with E-state index in [0.29, 0.717) is 6.61 Å². The second-order valence-electron chi connectivity index (χ2n) is 5.85. The van der Waals surface area contributed by atoms with Gasteiger partial charge in [-0.1, -0.05) is 54.1 Å². The molecule has 2 aromatic carbocycles. The minimum Gasteiger partial charge on any atom is -0.449 e. The molecule has 0 fully saturated rings. The van der Waals surface area contributed by atoms with E-state index < -0.39 is 12.2 Å². The quantitative estimate of drug-likeness (QED) is 0.916. The Balaban J connectivity index is 1.95. The maximum atomic E-state index is 12.1. The second-order valence-corrected chi connectivity index (χ2v) is 5.85. The Morgan fingerprint density at radius 1 is 1.21 bits per heavy atom. The van der Waals surface area contributed by atoms with Gasteiger partial charge in [0, 0.05) is 12.1 Å². The Bertz CT molecular complexity index is 752. The van der Waals surface area contributed by atoms with Gasteiger partial charge in [-0.05, 0) is 31.0 Å². The third-order valence-electron chi connectivity index (χ3n) is 4.22. The first kappa shape index (κ1) is 16.3. The van der Waals surface area contributed by atoms with Crippen LogP contribution in [0, 0.1) is 6.92 Å². The lowest BCUT2D eigenvalue weighted by Gasteiger charge is -2.31.